The van der Waals surface area contributed by atoms with Crippen molar-refractivity contribution >= 4 is 54.2 Å². The molecule has 0 radical (unpaired) electrons. The smallest absolute Gasteiger partial charge is 0.411 e. The van der Waals surface area contributed by atoms with Gasteiger partial charge in [-0.2, -0.15) is 10.3 Å². The first kappa shape index (κ1) is 43.5. The number of thiazole rings is 1. The number of benzene rings is 3. The summed E-state index contributed by atoms with van der Waals surface area (Å²) in [5.74, 6) is -3.83. The molecule has 18 heteroatoms. The first-order valence-corrected chi connectivity index (χ1v) is 16.8. The van der Waals surface area contributed by atoms with Crippen LogP contribution in [0.15, 0.2) is 76.1 Å². The first-order chi connectivity index (χ1) is 24.8. The zero-order chi connectivity index (χ0) is 37.5. The molecule has 5 rings (SSSR count). The molecule has 3 atom stereocenters. The second-order valence-electron chi connectivity index (χ2n) is 12.3. The van der Waals surface area contributed by atoms with Gasteiger partial charge in [-0.1, -0.05) is 30.2 Å². The van der Waals surface area contributed by atoms with E-state index in [4.69, 9.17) is 19.7 Å². The Hall–Kier alpha value is -4.89. The highest BCUT2D eigenvalue weighted by Gasteiger charge is 2.49. The highest BCUT2D eigenvalue weighted by Crippen LogP contribution is 2.42. The molecule has 2 N–H and O–H groups in total. The van der Waals surface area contributed by atoms with Crippen molar-refractivity contribution in [2.75, 3.05) is 45.7 Å². The summed E-state index contributed by atoms with van der Waals surface area (Å²) in [7, 11) is 3.35. The molecule has 1 aromatic heterocycles. The number of amides is 1. The Balaban J connectivity index is 0.00000392. The second-order valence-corrected chi connectivity index (χ2v) is 13.2. The number of hydrogen-bond donors (Lipinski definition) is 2. The van der Waals surface area contributed by atoms with E-state index in [-0.39, 0.29) is 67.9 Å². The van der Waals surface area contributed by atoms with Crippen molar-refractivity contribution < 1.29 is 54.3 Å². The van der Waals surface area contributed by atoms with Crippen LogP contribution >= 0.6 is 23.7 Å². The normalized spacial score (nSPS) is 16.1. The molecule has 1 aliphatic heterocycles. The Morgan fingerprint density at radius 3 is 2.50 bits per heavy atom. The standard InChI is InChI=1S/C36H34F3N7O5S.2ClH/c1-23(34-43-32(19-52-34)25-9-7-24(16-40)8-10-25)36(49,28-15-26(37)11-12-30(28)39)20-46(22-41-21-42-46)13-14-50-35(48)44-31-6-4-5-29(38)27(31)18-51-33(47)17-45(2)3;;/h4-12,15,19,21-23,49H,13-14,17-18,20H2,1-3H3;2*1H/t23-,36+,46?;;/m0../s1. The number of esters is 1. The van der Waals surface area contributed by atoms with Gasteiger partial charge in [0.1, 0.15) is 43.8 Å². The van der Waals surface area contributed by atoms with Crippen LogP contribution in [0.25, 0.3) is 11.3 Å². The highest BCUT2D eigenvalue weighted by molar-refractivity contribution is 7.10. The number of nitrogens with one attached hydrogen (secondary N) is 1. The van der Waals surface area contributed by atoms with Gasteiger partial charge >= 0.3 is 12.1 Å². The van der Waals surface area contributed by atoms with Gasteiger partial charge in [0, 0.05) is 28.0 Å². The van der Waals surface area contributed by atoms with E-state index in [2.05, 4.69) is 21.5 Å². The van der Waals surface area contributed by atoms with Crippen LogP contribution < -0.4 is 17.7 Å². The predicted molar refractivity (Wildman–Crippen MR) is 195 cm³/mol. The number of aliphatic imine (C=N–C) groups is 1. The number of carbonyl (C=O) groups excluding carboxylic acids is 2. The van der Waals surface area contributed by atoms with Gasteiger partial charge in [-0.25, -0.2) is 22.9 Å². The summed E-state index contributed by atoms with van der Waals surface area (Å²) in [5, 5.41) is 30.6. The van der Waals surface area contributed by atoms with Gasteiger partial charge in [0.05, 0.1) is 34.6 Å². The van der Waals surface area contributed by atoms with E-state index in [1.165, 1.54) is 36.1 Å². The SMILES string of the molecule is C[C@@H](c1nc(-c2ccc(C#N)cc2)cs1)[C@](O)(C[N+]1(CCOC(=O)Nc2cccc(F)c2COC(=O)CN(C)C)C=NC=N1)c1cc(F)ccc1F.Cl.[Cl-]. The summed E-state index contributed by atoms with van der Waals surface area (Å²) in [6.45, 7) is 0.435. The zero-order valence-corrected chi connectivity index (χ0v) is 31.6. The molecule has 1 aliphatic rings. The molecule has 4 aromatic rings. The van der Waals surface area contributed by atoms with Crippen molar-refractivity contribution in [3.05, 3.63) is 105 Å². The molecule has 1 unspecified atom stereocenters. The van der Waals surface area contributed by atoms with E-state index in [0.717, 1.165) is 29.8 Å². The summed E-state index contributed by atoms with van der Waals surface area (Å²) in [5.41, 5.74) is -0.720. The molecule has 0 saturated carbocycles. The van der Waals surface area contributed by atoms with Crippen molar-refractivity contribution in [3.63, 3.8) is 0 Å². The molecular weight excluding hydrogens is 770 g/mol. The lowest BCUT2D eigenvalue weighted by molar-refractivity contribution is -0.848. The number of halogens is 5. The molecule has 0 spiro atoms. The van der Waals surface area contributed by atoms with Gasteiger partial charge < -0.3 is 27.0 Å². The number of aromatic nitrogens is 1. The number of hydrogen-bond acceptors (Lipinski definition) is 11. The number of likely N-dealkylation sites (N-methyl/N-ethyl adjacent to an activating group) is 1. The second kappa shape index (κ2) is 18.9. The predicted octanol–water partition coefficient (Wildman–Crippen LogP) is 3.17. The van der Waals surface area contributed by atoms with Crippen molar-refractivity contribution in [1.82, 2.24) is 9.88 Å². The topological polar surface area (TPSA) is 150 Å². The molecule has 0 fully saturated rings. The lowest BCUT2D eigenvalue weighted by Gasteiger charge is -2.38. The fourth-order valence-corrected chi connectivity index (χ4v) is 6.53. The lowest BCUT2D eigenvalue weighted by atomic mass is 9.81. The minimum Gasteiger partial charge on any atom is -1.00 e. The number of nitrogens with zero attached hydrogens (tertiary/aromatic N) is 6. The van der Waals surface area contributed by atoms with E-state index in [9.17, 15) is 23.5 Å². The van der Waals surface area contributed by atoms with E-state index >= 15 is 4.39 Å². The van der Waals surface area contributed by atoms with Gasteiger partial charge in [-0.05, 0) is 56.6 Å². The fraction of sp³-hybridized carbons (Fsp3) is 0.278. The van der Waals surface area contributed by atoms with Crippen LogP contribution in [0.3, 0.4) is 0 Å². The summed E-state index contributed by atoms with van der Waals surface area (Å²) in [4.78, 5) is 35.2. The van der Waals surface area contributed by atoms with Gasteiger partial charge in [-0.3, -0.25) is 15.0 Å². The highest BCUT2D eigenvalue weighted by atomic mass is 35.5. The average Bonchev–Trinajstić information content (AvgIpc) is 3.79. The summed E-state index contributed by atoms with van der Waals surface area (Å²) in [6.07, 6.45) is 1.66. The molecule has 0 bridgehead atoms. The Bertz CT molecular complexity index is 2030. The molecule has 0 aliphatic carbocycles. The fourth-order valence-electron chi connectivity index (χ4n) is 5.55. The maximum absolute atomic E-state index is 15.5. The van der Waals surface area contributed by atoms with E-state index < -0.39 is 52.2 Å². The maximum atomic E-state index is 15.5. The average molecular weight is 807 g/mol. The molecule has 286 valence electrons. The summed E-state index contributed by atoms with van der Waals surface area (Å²) < 4.78 is 54.8. The number of aliphatic hydroxyl groups is 1. The van der Waals surface area contributed by atoms with E-state index in [1.807, 2.05) is 0 Å². The number of anilines is 1. The number of rotatable bonds is 14. The van der Waals surface area contributed by atoms with Crippen LogP contribution in [-0.2, 0) is 26.5 Å². The molecule has 0 saturated heterocycles. The third kappa shape index (κ3) is 10.4. The van der Waals surface area contributed by atoms with Crippen LogP contribution in [0.2, 0.25) is 0 Å². The largest absolute Gasteiger partial charge is 1.00 e. The number of carbonyl (C=O) groups is 2. The third-order valence-corrected chi connectivity index (χ3v) is 9.38. The molecule has 12 nitrogen and oxygen atoms in total. The zero-order valence-electron chi connectivity index (χ0n) is 29.2. The maximum Gasteiger partial charge on any atom is 0.411 e. The van der Waals surface area contributed by atoms with Gasteiger partial charge in [0.2, 0.25) is 6.34 Å². The van der Waals surface area contributed by atoms with Crippen molar-refractivity contribution in [2.45, 2.75) is 25.0 Å². The van der Waals surface area contributed by atoms with Crippen LogP contribution in [0.1, 0.15) is 34.5 Å². The van der Waals surface area contributed by atoms with Crippen molar-refractivity contribution in [3.8, 4) is 17.3 Å². The minimum absolute atomic E-state index is 0. The summed E-state index contributed by atoms with van der Waals surface area (Å²) in [6, 6.07) is 15.6. The number of quaternary nitrogens is 1. The van der Waals surface area contributed by atoms with Gasteiger partial charge in [0.25, 0.3) is 0 Å². The van der Waals surface area contributed by atoms with Crippen LogP contribution in [0.5, 0.6) is 0 Å². The first-order valence-electron chi connectivity index (χ1n) is 15.9. The van der Waals surface area contributed by atoms with Crippen LogP contribution in [0, 0.1) is 28.8 Å². The van der Waals surface area contributed by atoms with E-state index in [0.29, 0.717) is 16.3 Å². The Labute approximate surface area is 326 Å². The molecule has 1 amide bonds. The monoisotopic (exact) mass is 805 g/mol. The Morgan fingerprint density at radius 1 is 1.09 bits per heavy atom. The molecule has 3 aromatic carbocycles. The van der Waals surface area contributed by atoms with Gasteiger partial charge in [0.15, 0.2) is 11.9 Å². The Kier molecular flexibility index (Phi) is 15.3. The van der Waals surface area contributed by atoms with E-state index in [1.54, 1.807) is 55.6 Å². The number of nitriles is 1. The quantitative estimate of drug-likeness (QED) is 0.146. The molecule has 2 heterocycles. The molecular formula is C36H36Cl2F3N7O5S. The van der Waals surface area contributed by atoms with Crippen molar-refractivity contribution in [1.29, 1.82) is 5.26 Å². The van der Waals surface area contributed by atoms with Crippen molar-refractivity contribution in [2.24, 2.45) is 10.1 Å². The molecule has 54 heavy (non-hydrogen) atoms. The summed E-state index contributed by atoms with van der Waals surface area (Å²) >= 11 is 1.22. The third-order valence-electron chi connectivity index (χ3n) is 8.35. The van der Waals surface area contributed by atoms with Crippen LogP contribution in [0.4, 0.5) is 23.7 Å². The lowest BCUT2D eigenvalue weighted by Crippen LogP contribution is -3.00. The number of ether oxygens (including phenoxy) is 2. The minimum atomic E-state index is -2.12. The van der Waals surface area contributed by atoms with Crippen LogP contribution in [-0.4, -0.2) is 84.7 Å². The van der Waals surface area contributed by atoms with Gasteiger partial charge in [-0.15, -0.1) is 28.3 Å². The Morgan fingerprint density at radius 2 is 1.83 bits per heavy atom.